The minimum Gasteiger partial charge on any atom is -0.364 e. The summed E-state index contributed by atoms with van der Waals surface area (Å²) < 4.78 is 0. The van der Waals surface area contributed by atoms with E-state index in [1.807, 2.05) is 0 Å². The molecule has 0 aliphatic carbocycles. The second kappa shape index (κ2) is 3.29. The number of nitrogens with one attached hydrogen (secondary N) is 1. The van der Waals surface area contributed by atoms with E-state index in [1.165, 1.54) is 12.3 Å². The second-order valence-corrected chi connectivity index (χ2v) is 3.54. The van der Waals surface area contributed by atoms with Gasteiger partial charge in [0.1, 0.15) is 5.56 Å². The number of rotatable bonds is 1. The van der Waals surface area contributed by atoms with Crippen LogP contribution in [0.4, 0.5) is 0 Å². The van der Waals surface area contributed by atoms with Crippen LogP contribution in [0.2, 0.25) is 0 Å². The smallest absolute Gasteiger partial charge is 0.259 e. The minimum atomic E-state index is -0.196. The SMILES string of the molecule is Cc1cc(=O)c(C(=O)N2CCC2)c[nH]1. The van der Waals surface area contributed by atoms with Crippen LogP contribution in [0.25, 0.3) is 0 Å². The molecule has 1 aromatic rings. The first-order valence-electron chi connectivity index (χ1n) is 4.67. The van der Waals surface area contributed by atoms with Crippen LogP contribution < -0.4 is 5.43 Å². The number of likely N-dealkylation sites (tertiary alicyclic amines) is 1. The fraction of sp³-hybridized carbons (Fsp3) is 0.400. The Hall–Kier alpha value is -1.58. The van der Waals surface area contributed by atoms with Gasteiger partial charge in [-0.3, -0.25) is 9.59 Å². The molecule has 2 rings (SSSR count). The number of amides is 1. The lowest BCUT2D eigenvalue weighted by molar-refractivity contribution is 0.0650. The van der Waals surface area contributed by atoms with Crippen LogP contribution in [0.15, 0.2) is 17.1 Å². The molecule has 1 saturated heterocycles. The number of aryl methyl sites for hydroxylation is 1. The highest BCUT2D eigenvalue weighted by Crippen LogP contribution is 2.09. The number of carbonyl (C=O) groups excluding carboxylic acids is 1. The predicted molar refractivity (Wildman–Crippen MR) is 52.3 cm³/mol. The average molecular weight is 192 g/mol. The molecule has 14 heavy (non-hydrogen) atoms. The van der Waals surface area contributed by atoms with E-state index in [9.17, 15) is 9.59 Å². The number of hydrogen-bond acceptors (Lipinski definition) is 2. The Balaban J connectivity index is 2.31. The maximum Gasteiger partial charge on any atom is 0.259 e. The van der Waals surface area contributed by atoms with E-state index in [0.717, 1.165) is 25.2 Å². The molecule has 1 N–H and O–H groups in total. The molecule has 0 unspecified atom stereocenters. The second-order valence-electron chi connectivity index (χ2n) is 3.54. The Labute approximate surface area is 81.6 Å². The van der Waals surface area contributed by atoms with Gasteiger partial charge >= 0.3 is 0 Å². The average Bonchev–Trinajstić information content (AvgIpc) is 2.00. The molecule has 2 heterocycles. The van der Waals surface area contributed by atoms with Gasteiger partial charge in [-0.15, -0.1) is 0 Å². The molecule has 0 spiro atoms. The molecule has 0 aromatic carbocycles. The van der Waals surface area contributed by atoms with E-state index < -0.39 is 0 Å². The largest absolute Gasteiger partial charge is 0.364 e. The van der Waals surface area contributed by atoms with Gasteiger partial charge in [0.05, 0.1) is 0 Å². The maximum absolute atomic E-state index is 11.7. The van der Waals surface area contributed by atoms with Gasteiger partial charge in [-0.25, -0.2) is 0 Å². The summed E-state index contributed by atoms with van der Waals surface area (Å²) in [6, 6.07) is 1.45. The van der Waals surface area contributed by atoms with E-state index in [4.69, 9.17) is 0 Å². The molecule has 0 saturated carbocycles. The van der Waals surface area contributed by atoms with Crippen molar-refractivity contribution in [3.8, 4) is 0 Å². The van der Waals surface area contributed by atoms with Crippen molar-refractivity contribution in [2.24, 2.45) is 0 Å². The standard InChI is InChI=1S/C10H12N2O2/c1-7-5-9(13)8(6-11-7)10(14)12-3-2-4-12/h5-6H,2-4H2,1H3,(H,11,13). The summed E-state index contributed by atoms with van der Waals surface area (Å²) in [5, 5.41) is 0. The highest BCUT2D eigenvalue weighted by molar-refractivity contribution is 5.94. The summed E-state index contributed by atoms with van der Waals surface area (Å²) in [5.74, 6) is -0.155. The molecule has 1 amide bonds. The fourth-order valence-corrected chi connectivity index (χ4v) is 1.43. The van der Waals surface area contributed by atoms with E-state index >= 15 is 0 Å². The number of pyridine rings is 1. The van der Waals surface area contributed by atoms with E-state index in [0.29, 0.717) is 0 Å². The van der Waals surface area contributed by atoms with E-state index in [2.05, 4.69) is 4.98 Å². The number of aromatic amines is 1. The van der Waals surface area contributed by atoms with Crippen LogP contribution in [-0.4, -0.2) is 28.9 Å². The lowest BCUT2D eigenvalue weighted by Gasteiger charge is -2.30. The molecule has 4 nitrogen and oxygen atoms in total. The Morgan fingerprint density at radius 3 is 2.71 bits per heavy atom. The highest BCUT2D eigenvalue weighted by Gasteiger charge is 2.23. The topological polar surface area (TPSA) is 53.2 Å². The van der Waals surface area contributed by atoms with Crippen LogP contribution >= 0.6 is 0 Å². The monoisotopic (exact) mass is 192 g/mol. The molecular weight excluding hydrogens is 180 g/mol. The Morgan fingerprint density at radius 1 is 1.50 bits per heavy atom. The highest BCUT2D eigenvalue weighted by atomic mass is 16.2. The molecule has 1 fully saturated rings. The summed E-state index contributed by atoms with van der Waals surface area (Å²) in [6.07, 6.45) is 2.54. The Bertz CT molecular complexity index is 418. The minimum absolute atomic E-state index is 0.155. The van der Waals surface area contributed by atoms with Gasteiger partial charge in [0.25, 0.3) is 5.91 Å². The van der Waals surface area contributed by atoms with Gasteiger partial charge in [-0.1, -0.05) is 0 Å². The third-order valence-corrected chi connectivity index (χ3v) is 2.43. The Morgan fingerprint density at radius 2 is 2.21 bits per heavy atom. The van der Waals surface area contributed by atoms with Crippen LogP contribution in [0.1, 0.15) is 22.5 Å². The third kappa shape index (κ3) is 1.43. The fourth-order valence-electron chi connectivity index (χ4n) is 1.43. The maximum atomic E-state index is 11.7. The zero-order valence-corrected chi connectivity index (χ0v) is 8.04. The van der Waals surface area contributed by atoms with Gasteiger partial charge in [0.15, 0.2) is 5.43 Å². The zero-order chi connectivity index (χ0) is 10.1. The van der Waals surface area contributed by atoms with Crippen molar-refractivity contribution in [1.29, 1.82) is 0 Å². The molecule has 0 bridgehead atoms. The van der Waals surface area contributed by atoms with Gasteiger partial charge in [0.2, 0.25) is 0 Å². The van der Waals surface area contributed by atoms with Crippen LogP contribution in [0.3, 0.4) is 0 Å². The molecule has 74 valence electrons. The van der Waals surface area contributed by atoms with Crippen molar-refractivity contribution in [3.05, 3.63) is 33.7 Å². The zero-order valence-electron chi connectivity index (χ0n) is 8.04. The van der Waals surface area contributed by atoms with Crippen molar-refractivity contribution < 1.29 is 4.79 Å². The van der Waals surface area contributed by atoms with E-state index in [-0.39, 0.29) is 16.9 Å². The quantitative estimate of drug-likeness (QED) is 0.705. The first-order chi connectivity index (χ1) is 6.68. The summed E-state index contributed by atoms with van der Waals surface area (Å²) in [4.78, 5) is 27.7. The number of hydrogen-bond donors (Lipinski definition) is 1. The van der Waals surface area contributed by atoms with Crippen molar-refractivity contribution in [3.63, 3.8) is 0 Å². The van der Waals surface area contributed by atoms with Crippen LogP contribution in [0, 0.1) is 6.92 Å². The third-order valence-electron chi connectivity index (χ3n) is 2.43. The van der Waals surface area contributed by atoms with Gasteiger partial charge in [-0.2, -0.15) is 0 Å². The van der Waals surface area contributed by atoms with Crippen molar-refractivity contribution >= 4 is 5.91 Å². The number of carbonyl (C=O) groups is 1. The van der Waals surface area contributed by atoms with Crippen molar-refractivity contribution in [1.82, 2.24) is 9.88 Å². The molecule has 4 heteroatoms. The van der Waals surface area contributed by atoms with Crippen molar-refractivity contribution in [2.75, 3.05) is 13.1 Å². The Kier molecular flexibility index (Phi) is 2.11. The number of H-pyrrole nitrogens is 1. The molecule has 1 aliphatic heterocycles. The summed E-state index contributed by atoms with van der Waals surface area (Å²) in [7, 11) is 0. The lowest BCUT2D eigenvalue weighted by atomic mass is 10.1. The molecule has 1 aliphatic rings. The van der Waals surface area contributed by atoms with Crippen LogP contribution in [-0.2, 0) is 0 Å². The first kappa shape index (κ1) is 8.99. The molecule has 1 aromatic heterocycles. The number of nitrogens with zero attached hydrogens (tertiary/aromatic N) is 1. The lowest BCUT2D eigenvalue weighted by Crippen LogP contribution is -2.43. The van der Waals surface area contributed by atoms with Gasteiger partial charge < -0.3 is 9.88 Å². The first-order valence-corrected chi connectivity index (χ1v) is 4.67. The van der Waals surface area contributed by atoms with Crippen LogP contribution in [0.5, 0.6) is 0 Å². The number of aromatic nitrogens is 1. The molecule has 0 atom stereocenters. The predicted octanol–water partition coefficient (Wildman–Crippen LogP) is 0.529. The summed E-state index contributed by atoms with van der Waals surface area (Å²) in [6.45, 7) is 3.33. The van der Waals surface area contributed by atoms with Gasteiger partial charge in [-0.05, 0) is 13.3 Å². The van der Waals surface area contributed by atoms with Gasteiger partial charge in [0, 0.05) is 31.0 Å². The molecular formula is C10H12N2O2. The normalized spacial score (nSPS) is 15.1. The van der Waals surface area contributed by atoms with Crippen molar-refractivity contribution in [2.45, 2.75) is 13.3 Å². The summed E-state index contributed by atoms with van der Waals surface area (Å²) in [5.41, 5.74) is 0.823. The molecule has 0 radical (unpaired) electrons. The summed E-state index contributed by atoms with van der Waals surface area (Å²) >= 11 is 0. The van der Waals surface area contributed by atoms with E-state index in [1.54, 1.807) is 11.8 Å².